The Morgan fingerprint density at radius 3 is 2.21 bits per heavy atom. The normalized spacial score (nSPS) is 17.7. The fourth-order valence-corrected chi connectivity index (χ4v) is 6.87. The SMILES string of the molecule is CC(C)(C)[O-].COC(=O)[C@@H]1C[C@@H](SCc2ccc(OC)cc2)CN1S(=O)(=O)c1ccc2ccccc2c1.[K+]. The summed E-state index contributed by atoms with van der Waals surface area (Å²) in [6.07, 6.45) is 0.417. The zero-order valence-corrected chi connectivity index (χ0v) is 27.6. The van der Waals surface area contributed by atoms with Crippen LogP contribution in [0.5, 0.6) is 5.75 Å². The second kappa shape index (κ2) is 14.6. The zero-order chi connectivity index (χ0) is 27.2. The Hall–Kier alpha value is -0.954. The van der Waals surface area contributed by atoms with Crippen LogP contribution in [0.4, 0.5) is 0 Å². The molecule has 1 saturated heterocycles. The summed E-state index contributed by atoms with van der Waals surface area (Å²) < 4.78 is 38.4. The number of carbonyl (C=O) groups excluding carboxylic acids is 1. The van der Waals surface area contributed by atoms with Gasteiger partial charge in [0.15, 0.2) is 0 Å². The van der Waals surface area contributed by atoms with E-state index in [1.54, 1.807) is 57.8 Å². The van der Waals surface area contributed by atoms with Crippen LogP contribution in [0.2, 0.25) is 0 Å². The van der Waals surface area contributed by atoms with Crippen molar-refractivity contribution in [2.24, 2.45) is 0 Å². The third-order valence-corrected chi connectivity index (χ3v) is 8.85. The van der Waals surface area contributed by atoms with Gasteiger partial charge in [-0.3, -0.25) is 4.79 Å². The molecular formula is C28H34KNO6S2. The van der Waals surface area contributed by atoms with Gasteiger partial charge >= 0.3 is 57.4 Å². The van der Waals surface area contributed by atoms with Crippen LogP contribution in [-0.4, -0.2) is 56.3 Å². The summed E-state index contributed by atoms with van der Waals surface area (Å²) in [4.78, 5) is 12.6. The quantitative estimate of drug-likeness (QED) is 0.305. The molecule has 3 aromatic rings. The van der Waals surface area contributed by atoms with Crippen molar-refractivity contribution >= 4 is 38.5 Å². The molecule has 0 spiro atoms. The predicted molar refractivity (Wildman–Crippen MR) is 146 cm³/mol. The molecule has 0 bridgehead atoms. The van der Waals surface area contributed by atoms with E-state index in [0.29, 0.717) is 12.2 Å². The minimum Gasteiger partial charge on any atom is -0.850 e. The van der Waals surface area contributed by atoms with E-state index >= 15 is 0 Å². The van der Waals surface area contributed by atoms with E-state index in [-0.39, 0.29) is 68.1 Å². The van der Waals surface area contributed by atoms with E-state index in [1.165, 1.54) is 11.4 Å². The average Bonchev–Trinajstić information content (AvgIpc) is 3.31. The number of ether oxygens (including phenoxy) is 2. The Balaban J connectivity index is 0.000000774. The minimum atomic E-state index is -3.86. The van der Waals surface area contributed by atoms with Crippen LogP contribution >= 0.6 is 11.8 Å². The van der Waals surface area contributed by atoms with Gasteiger partial charge in [0.1, 0.15) is 11.8 Å². The van der Waals surface area contributed by atoms with E-state index in [0.717, 1.165) is 22.1 Å². The first-order chi connectivity index (χ1) is 17.4. The minimum absolute atomic E-state index is 0. The Kier molecular flexibility index (Phi) is 12.8. The van der Waals surface area contributed by atoms with Crippen molar-refractivity contribution in [2.75, 3.05) is 20.8 Å². The Morgan fingerprint density at radius 1 is 1.03 bits per heavy atom. The molecule has 0 N–H and O–H groups in total. The first-order valence-electron chi connectivity index (χ1n) is 12.0. The Labute approximate surface area is 272 Å². The third-order valence-electron chi connectivity index (χ3n) is 5.66. The summed E-state index contributed by atoms with van der Waals surface area (Å²) in [5, 5.41) is 11.9. The molecule has 0 aromatic heterocycles. The smallest absolute Gasteiger partial charge is 0.850 e. The molecule has 38 heavy (non-hydrogen) atoms. The molecule has 1 aliphatic heterocycles. The zero-order valence-electron chi connectivity index (χ0n) is 22.8. The van der Waals surface area contributed by atoms with Gasteiger partial charge in [-0.15, -0.1) is 5.60 Å². The number of hydrogen-bond donors (Lipinski definition) is 0. The topological polar surface area (TPSA) is 96.0 Å². The van der Waals surface area contributed by atoms with Gasteiger partial charge in [-0.2, -0.15) is 16.1 Å². The van der Waals surface area contributed by atoms with Crippen LogP contribution in [-0.2, 0) is 25.3 Å². The molecule has 4 rings (SSSR count). The number of fused-ring (bicyclic) bond motifs is 1. The Morgan fingerprint density at radius 2 is 1.63 bits per heavy atom. The molecule has 1 heterocycles. The molecule has 1 aliphatic rings. The summed E-state index contributed by atoms with van der Waals surface area (Å²) in [5.41, 5.74) is 0.362. The van der Waals surface area contributed by atoms with Crippen LogP contribution in [0.15, 0.2) is 71.6 Å². The number of rotatable bonds is 7. The van der Waals surface area contributed by atoms with Crippen molar-refractivity contribution in [1.82, 2.24) is 4.31 Å². The van der Waals surface area contributed by atoms with Crippen LogP contribution in [0, 0.1) is 0 Å². The van der Waals surface area contributed by atoms with Crippen LogP contribution < -0.4 is 61.2 Å². The molecule has 3 aromatic carbocycles. The van der Waals surface area contributed by atoms with Gasteiger partial charge in [0.05, 0.1) is 19.1 Å². The van der Waals surface area contributed by atoms with Crippen molar-refractivity contribution in [3.05, 3.63) is 72.3 Å². The fourth-order valence-electron chi connectivity index (χ4n) is 3.90. The fraction of sp³-hybridized carbons (Fsp3) is 0.393. The second-order valence-electron chi connectivity index (χ2n) is 9.75. The van der Waals surface area contributed by atoms with E-state index in [4.69, 9.17) is 9.47 Å². The standard InChI is InChI=1S/C24H25NO5S2.C4H9O.K/c1-29-20-10-7-17(8-11-20)16-31-21-14-23(24(26)30-2)25(15-21)32(27,28)22-12-9-18-5-3-4-6-19(18)13-22;1-4(2,3)5;/h3-13,21,23H,14-16H2,1-2H3;1-3H3;/q;-1;+1/t21-,23+;;/m1../s1. The van der Waals surface area contributed by atoms with Gasteiger partial charge in [-0.05, 0) is 47.0 Å². The maximum Gasteiger partial charge on any atom is 1.00 e. The summed E-state index contributed by atoms with van der Waals surface area (Å²) in [5.74, 6) is 0.979. The van der Waals surface area contributed by atoms with Crippen molar-refractivity contribution in [2.45, 2.75) is 54.7 Å². The summed E-state index contributed by atoms with van der Waals surface area (Å²) >= 11 is 1.65. The van der Waals surface area contributed by atoms with Crippen molar-refractivity contribution in [3.63, 3.8) is 0 Å². The van der Waals surface area contributed by atoms with Gasteiger partial charge < -0.3 is 14.6 Å². The van der Waals surface area contributed by atoms with Gasteiger partial charge in [-0.25, -0.2) is 8.42 Å². The molecular weight excluding hydrogens is 550 g/mol. The molecule has 7 nitrogen and oxygen atoms in total. The monoisotopic (exact) mass is 583 g/mol. The number of benzene rings is 3. The molecule has 0 saturated carbocycles. The van der Waals surface area contributed by atoms with E-state index in [1.807, 2.05) is 48.5 Å². The van der Waals surface area contributed by atoms with Crippen LogP contribution in [0.25, 0.3) is 10.8 Å². The number of nitrogens with zero attached hydrogens (tertiary/aromatic N) is 1. The number of esters is 1. The third kappa shape index (κ3) is 9.31. The number of sulfonamides is 1. The van der Waals surface area contributed by atoms with Crippen molar-refractivity contribution in [1.29, 1.82) is 0 Å². The molecule has 0 aliphatic carbocycles. The maximum atomic E-state index is 13.5. The van der Waals surface area contributed by atoms with E-state index in [9.17, 15) is 18.3 Å². The molecule has 200 valence electrons. The summed E-state index contributed by atoms with van der Waals surface area (Å²) in [6.45, 7) is 5.16. The van der Waals surface area contributed by atoms with Gasteiger partial charge in [0.2, 0.25) is 10.0 Å². The van der Waals surface area contributed by atoms with Gasteiger partial charge in [-0.1, -0.05) is 63.2 Å². The van der Waals surface area contributed by atoms with Crippen molar-refractivity contribution in [3.8, 4) is 5.75 Å². The molecule has 0 amide bonds. The maximum absolute atomic E-state index is 13.5. The predicted octanol–water partition coefficient (Wildman–Crippen LogP) is 1.24. The van der Waals surface area contributed by atoms with E-state index < -0.39 is 27.6 Å². The number of methoxy groups -OCH3 is 2. The number of thioether (sulfide) groups is 1. The van der Waals surface area contributed by atoms with Crippen molar-refractivity contribution < 1.29 is 79.2 Å². The molecule has 0 unspecified atom stereocenters. The number of carbonyl (C=O) groups is 1. The average molecular weight is 584 g/mol. The first kappa shape index (κ1) is 33.3. The van der Waals surface area contributed by atoms with E-state index in [2.05, 4.69) is 0 Å². The van der Waals surface area contributed by atoms with Crippen LogP contribution in [0.3, 0.4) is 0 Å². The molecule has 1 fully saturated rings. The Bertz CT molecular complexity index is 1300. The molecule has 0 radical (unpaired) electrons. The van der Waals surface area contributed by atoms with Crippen LogP contribution in [0.1, 0.15) is 32.8 Å². The number of hydrogen-bond acceptors (Lipinski definition) is 7. The van der Waals surface area contributed by atoms with Gasteiger partial charge in [0, 0.05) is 17.5 Å². The van der Waals surface area contributed by atoms with Gasteiger partial charge in [0.25, 0.3) is 0 Å². The second-order valence-corrected chi connectivity index (χ2v) is 12.9. The summed E-state index contributed by atoms with van der Waals surface area (Å²) in [7, 11) is -0.939. The largest absolute Gasteiger partial charge is 1.00 e. The molecule has 10 heteroatoms. The summed E-state index contributed by atoms with van der Waals surface area (Å²) in [6, 6.07) is 19.6. The molecule has 2 atom stereocenters. The first-order valence-corrected chi connectivity index (χ1v) is 14.4.